The summed E-state index contributed by atoms with van der Waals surface area (Å²) in [5.74, 6) is -0.860. The zero-order valence-corrected chi connectivity index (χ0v) is 50.5. The molecule has 2 atom stereocenters. The van der Waals surface area contributed by atoms with Crippen LogP contribution in [0.5, 0.6) is 0 Å². The third-order valence-electron chi connectivity index (χ3n) is 12.4. The van der Waals surface area contributed by atoms with Gasteiger partial charge in [-0.15, -0.1) is 0 Å². The number of hydrogen-bond donors (Lipinski definition) is 0. The minimum absolute atomic E-state index is 0.0403. The average molecular weight is 1090 g/mol. The zero-order valence-electron chi connectivity index (χ0n) is 49.6. The number of allylic oxidation sites excluding steroid dienone is 22. The molecule has 2 unspecified atom stereocenters. The van der Waals surface area contributed by atoms with Gasteiger partial charge in [-0.1, -0.05) is 250 Å². The molecule has 0 aliphatic heterocycles. The molecule has 438 valence electrons. The Morgan fingerprint density at radius 3 is 1.10 bits per heavy atom. The van der Waals surface area contributed by atoms with Crippen molar-refractivity contribution in [3.8, 4) is 0 Å². The van der Waals surface area contributed by atoms with Gasteiger partial charge in [0.15, 0.2) is 6.10 Å². The van der Waals surface area contributed by atoms with Gasteiger partial charge in [-0.3, -0.25) is 14.2 Å². The topological polar surface area (TPSA) is 111 Å². The molecule has 0 aromatic carbocycles. The van der Waals surface area contributed by atoms with Crippen molar-refractivity contribution in [2.24, 2.45) is 0 Å². The van der Waals surface area contributed by atoms with E-state index in [1.807, 2.05) is 21.1 Å². The number of esters is 2. The molecule has 0 amide bonds. The highest BCUT2D eigenvalue weighted by molar-refractivity contribution is 7.45. The Kier molecular flexibility index (Phi) is 54.0. The molecule has 0 aromatic rings. The SMILES string of the molecule is CC/C=C\C/C=C\C/C=C\C/C=C\C/C=C\C/C=C\C/C=C\C/C=C\C/C=C\C/C=C\C/C=C\CCCCCCCC(=O)OC(COC(=O)CCCCCCCCCCCCCCCC)COP(=O)([O-])OCC[N+](C)(C)C. The minimum atomic E-state index is -4.65. The van der Waals surface area contributed by atoms with Crippen molar-refractivity contribution < 1.29 is 42.1 Å². The van der Waals surface area contributed by atoms with Gasteiger partial charge in [-0.05, 0) is 96.3 Å². The number of ether oxygens (including phenoxy) is 2. The van der Waals surface area contributed by atoms with Gasteiger partial charge in [0.25, 0.3) is 7.82 Å². The smallest absolute Gasteiger partial charge is 0.306 e. The molecule has 0 aromatic heterocycles. The summed E-state index contributed by atoms with van der Waals surface area (Å²) < 4.78 is 34.1. The molecule has 0 saturated carbocycles. The van der Waals surface area contributed by atoms with Crippen LogP contribution in [0.15, 0.2) is 134 Å². The van der Waals surface area contributed by atoms with Crippen molar-refractivity contribution >= 4 is 19.8 Å². The van der Waals surface area contributed by atoms with E-state index < -0.39 is 32.5 Å². The highest BCUT2D eigenvalue weighted by atomic mass is 31.2. The van der Waals surface area contributed by atoms with E-state index >= 15 is 0 Å². The number of carbonyl (C=O) groups excluding carboxylic acids is 2. The van der Waals surface area contributed by atoms with Crippen molar-refractivity contribution in [1.29, 1.82) is 0 Å². The molecule has 10 heteroatoms. The van der Waals surface area contributed by atoms with E-state index in [2.05, 4.69) is 148 Å². The molecule has 0 spiro atoms. The number of hydrogen-bond acceptors (Lipinski definition) is 8. The Morgan fingerprint density at radius 2 is 0.740 bits per heavy atom. The summed E-state index contributed by atoms with van der Waals surface area (Å²) in [6.07, 6.45) is 82.2. The molecule has 0 aliphatic carbocycles. The lowest BCUT2D eigenvalue weighted by atomic mass is 10.0. The summed E-state index contributed by atoms with van der Waals surface area (Å²) >= 11 is 0. The predicted octanol–water partition coefficient (Wildman–Crippen LogP) is 18.7. The second kappa shape index (κ2) is 56.9. The van der Waals surface area contributed by atoms with Crippen LogP contribution in [0.1, 0.15) is 226 Å². The quantitative estimate of drug-likeness (QED) is 0.0195. The van der Waals surface area contributed by atoms with Gasteiger partial charge >= 0.3 is 11.9 Å². The lowest BCUT2D eigenvalue weighted by Gasteiger charge is -2.28. The number of nitrogens with zero attached hydrogens (tertiary/aromatic N) is 1. The van der Waals surface area contributed by atoms with Crippen LogP contribution in [-0.2, 0) is 32.7 Å². The second-order valence-corrected chi connectivity index (χ2v) is 22.4. The predicted molar refractivity (Wildman–Crippen MR) is 327 cm³/mol. The van der Waals surface area contributed by atoms with Crippen LogP contribution >= 0.6 is 7.82 Å². The first-order chi connectivity index (χ1) is 37.5. The van der Waals surface area contributed by atoms with E-state index in [-0.39, 0.29) is 26.1 Å². The van der Waals surface area contributed by atoms with Gasteiger partial charge < -0.3 is 27.9 Å². The van der Waals surface area contributed by atoms with Gasteiger partial charge in [0.2, 0.25) is 0 Å². The summed E-state index contributed by atoms with van der Waals surface area (Å²) in [4.78, 5) is 37.8. The first kappa shape index (κ1) is 73.2. The van der Waals surface area contributed by atoms with Crippen molar-refractivity contribution in [2.75, 3.05) is 47.5 Å². The molecule has 0 rings (SSSR count). The zero-order chi connectivity index (χ0) is 56.3. The number of phosphoric acid groups is 1. The molecule has 0 saturated heterocycles. The molecular formula is C67H112NO8P. The average Bonchev–Trinajstić information content (AvgIpc) is 3.39. The Hall–Kier alpha value is -3.85. The highest BCUT2D eigenvalue weighted by Crippen LogP contribution is 2.38. The molecule has 0 bridgehead atoms. The maximum Gasteiger partial charge on any atom is 0.306 e. The van der Waals surface area contributed by atoms with E-state index in [1.165, 1.54) is 70.6 Å². The molecule has 0 aliphatic rings. The molecule has 0 fully saturated rings. The molecule has 0 radical (unpaired) electrons. The van der Waals surface area contributed by atoms with Gasteiger partial charge in [-0.25, -0.2) is 0 Å². The van der Waals surface area contributed by atoms with E-state index in [9.17, 15) is 19.0 Å². The lowest BCUT2D eigenvalue weighted by Crippen LogP contribution is -2.37. The van der Waals surface area contributed by atoms with Crippen LogP contribution in [0.2, 0.25) is 0 Å². The Bertz CT molecular complexity index is 1760. The van der Waals surface area contributed by atoms with Crippen LogP contribution in [0.4, 0.5) is 0 Å². The van der Waals surface area contributed by atoms with Crippen LogP contribution in [0.3, 0.4) is 0 Å². The maximum absolute atomic E-state index is 12.8. The first-order valence-corrected chi connectivity index (χ1v) is 31.9. The van der Waals surface area contributed by atoms with E-state index in [0.29, 0.717) is 17.4 Å². The maximum atomic E-state index is 12.8. The molecule has 0 heterocycles. The number of carbonyl (C=O) groups is 2. The number of phosphoric ester groups is 1. The lowest BCUT2D eigenvalue weighted by molar-refractivity contribution is -0.870. The van der Waals surface area contributed by atoms with Crippen molar-refractivity contribution in [2.45, 2.75) is 232 Å². The largest absolute Gasteiger partial charge is 0.756 e. The van der Waals surface area contributed by atoms with Gasteiger partial charge in [0.1, 0.15) is 19.8 Å². The molecule has 0 N–H and O–H groups in total. The van der Waals surface area contributed by atoms with E-state index in [1.54, 1.807) is 0 Å². The van der Waals surface area contributed by atoms with Gasteiger partial charge in [-0.2, -0.15) is 0 Å². The van der Waals surface area contributed by atoms with Crippen molar-refractivity contribution in [3.05, 3.63) is 134 Å². The number of unbranched alkanes of at least 4 members (excludes halogenated alkanes) is 18. The summed E-state index contributed by atoms with van der Waals surface area (Å²) in [5, 5.41) is 0. The first-order valence-electron chi connectivity index (χ1n) is 30.4. The Morgan fingerprint density at radius 1 is 0.416 bits per heavy atom. The fourth-order valence-corrected chi connectivity index (χ4v) is 8.51. The Labute approximate surface area is 472 Å². The van der Waals surface area contributed by atoms with Crippen LogP contribution in [0.25, 0.3) is 0 Å². The number of likely N-dealkylation sites (N-methyl/N-ethyl adjacent to an activating group) is 1. The Balaban J connectivity index is 4.17. The second-order valence-electron chi connectivity index (χ2n) is 21.0. The van der Waals surface area contributed by atoms with E-state index in [4.69, 9.17) is 18.5 Å². The summed E-state index contributed by atoms with van der Waals surface area (Å²) in [6, 6.07) is 0. The molecular weight excluding hydrogens is 978 g/mol. The summed E-state index contributed by atoms with van der Waals surface area (Å²) in [5.41, 5.74) is 0. The fourth-order valence-electron chi connectivity index (χ4n) is 7.78. The summed E-state index contributed by atoms with van der Waals surface area (Å²) in [6.45, 7) is 4.09. The van der Waals surface area contributed by atoms with Crippen molar-refractivity contribution in [1.82, 2.24) is 0 Å². The fraction of sp³-hybridized carbons (Fsp3) is 0.642. The van der Waals surface area contributed by atoms with Crippen LogP contribution in [-0.4, -0.2) is 70.0 Å². The van der Waals surface area contributed by atoms with Crippen LogP contribution in [0, 0.1) is 0 Å². The highest BCUT2D eigenvalue weighted by Gasteiger charge is 2.21. The number of rotatable bonds is 54. The van der Waals surface area contributed by atoms with E-state index in [0.717, 1.165) is 122 Å². The van der Waals surface area contributed by atoms with Gasteiger partial charge in [0.05, 0.1) is 27.7 Å². The van der Waals surface area contributed by atoms with Gasteiger partial charge in [0, 0.05) is 12.8 Å². The summed E-state index contributed by atoms with van der Waals surface area (Å²) in [7, 11) is 1.14. The molecule has 77 heavy (non-hydrogen) atoms. The third-order valence-corrected chi connectivity index (χ3v) is 13.4. The number of quaternary nitrogens is 1. The normalized spacial score (nSPS) is 14.2. The monoisotopic (exact) mass is 1090 g/mol. The standard InChI is InChI=1S/C67H112NO8P/c1-6-8-10-12-14-16-18-20-22-23-24-25-26-27-28-29-30-31-32-33-34-35-36-37-38-39-40-41-42-43-44-45-46-48-50-52-54-56-58-60-67(70)76-65(64-75-77(71,72)74-62-61-68(3,4)5)63-73-66(69)59-57-55-53-51-49-47-21-19-17-15-13-11-9-7-2/h8,10,14,16,20,22,24-25,27-28,30-31,33-34,36-37,39-40,42-43,45-46,65H,6-7,9,11-13,15,17-19,21,23,26,29,32,35,38,41,44,47-64H2,1-5H3/b10-8-,16-14-,22-20-,25-24-,28-27-,31-30-,34-33-,37-36-,40-39-,43-42-,46-45-. The third kappa shape index (κ3) is 61.2. The minimum Gasteiger partial charge on any atom is -0.756 e. The van der Waals surface area contributed by atoms with Crippen molar-refractivity contribution in [3.63, 3.8) is 0 Å². The molecule has 9 nitrogen and oxygen atoms in total. The van der Waals surface area contributed by atoms with Crippen LogP contribution < -0.4 is 4.89 Å².